The van der Waals surface area contributed by atoms with E-state index in [1.54, 1.807) is 12.1 Å². The van der Waals surface area contributed by atoms with Gasteiger partial charge in [0.1, 0.15) is 36.6 Å². The molecule has 2 saturated heterocycles. The number of rotatable bonds is 9. The molecule has 2 aliphatic rings. The Labute approximate surface area is 247 Å². The first kappa shape index (κ1) is 30.7. The summed E-state index contributed by atoms with van der Waals surface area (Å²) in [6.07, 6.45) is -5.47. The van der Waals surface area contributed by atoms with E-state index in [1.165, 1.54) is 22.3 Å². The molecule has 5 rings (SSSR count). The van der Waals surface area contributed by atoms with Gasteiger partial charge in [-0.3, -0.25) is 9.48 Å². The van der Waals surface area contributed by atoms with Crippen molar-refractivity contribution in [2.45, 2.75) is 50.0 Å². The SMILES string of the molecule is O=C(Cn1nc(C(F)F)cc1C(F)F)N1CCC(c2nc(N3COC(c4c(Cl)cccc4CS(=O)(=O)[O-])C3)cs2)CC1. The minimum atomic E-state index is -4.53. The third-order valence-electron chi connectivity index (χ3n) is 7.21. The minimum Gasteiger partial charge on any atom is -0.748 e. The summed E-state index contributed by atoms with van der Waals surface area (Å²) in [6.45, 7) is 0.656. The number of ether oxygens (including phenoxy) is 1. The largest absolute Gasteiger partial charge is 0.748 e. The fourth-order valence-corrected chi connectivity index (χ4v) is 7.11. The van der Waals surface area contributed by atoms with Gasteiger partial charge in [-0.15, -0.1) is 11.3 Å². The van der Waals surface area contributed by atoms with Crippen molar-refractivity contribution in [1.29, 1.82) is 0 Å². The summed E-state index contributed by atoms with van der Waals surface area (Å²) in [6, 6.07) is 5.34. The molecule has 0 saturated carbocycles. The number of hydrogen-bond donors (Lipinski definition) is 0. The molecule has 0 bridgehead atoms. The topological polar surface area (TPSA) is 121 Å². The van der Waals surface area contributed by atoms with Gasteiger partial charge in [-0.2, -0.15) is 5.10 Å². The highest BCUT2D eigenvalue weighted by Gasteiger charge is 2.32. The molecule has 3 aromatic rings. The van der Waals surface area contributed by atoms with Crippen LogP contribution in [0.1, 0.15) is 65.2 Å². The zero-order valence-electron chi connectivity index (χ0n) is 21.8. The molecule has 1 aromatic carbocycles. The number of alkyl halides is 4. The smallest absolute Gasteiger partial charge is 0.282 e. The maximum absolute atomic E-state index is 13.3. The van der Waals surface area contributed by atoms with Crippen LogP contribution in [0, 0.1) is 0 Å². The van der Waals surface area contributed by atoms with Crippen LogP contribution in [0.4, 0.5) is 23.4 Å². The zero-order chi connectivity index (χ0) is 30.2. The van der Waals surface area contributed by atoms with Gasteiger partial charge in [0.05, 0.1) is 27.4 Å². The van der Waals surface area contributed by atoms with Gasteiger partial charge in [-0.1, -0.05) is 23.7 Å². The number of nitrogens with zero attached hydrogens (tertiary/aromatic N) is 5. The second-order valence-electron chi connectivity index (χ2n) is 9.97. The number of likely N-dealkylation sites (tertiary alicyclic amines) is 1. The van der Waals surface area contributed by atoms with Gasteiger partial charge in [0.15, 0.2) is 0 Å². The lowest BCUT2D eigenvalue weighted by molar-refractivity contribution is -0.133. The predicted octanol–water partition coefficient (Wildman–Crippen LogP) is 4.86. The Hall–Kier alpha value is -2.79. The molecule has 17 heteroatoms. The van der Waals surface area contributed by atoms with Crippen molar-refractivity contribution in [2.24, 2.45) is 0 Å². The van der Waals surface area contributed by atoms with Gasteiger partial charge < -0.3 is 19.1 Å². The Morgan fingerprint density at radius 3 is 2.60 bits per heavy atom. The Bertz CT molecular complexity index is 1550. The predicted molar refractivity (Wildman–Crippen MR) is 144 cm³/mol. The summed E-state index contributed by atoms with van der Waals surface area (Å²) < 4.78 is 93.1. The summed E-state index contributed by atoms with van der Waals surface area (Å²) >= 11 is 7.80. The highest BCUT2D eigenvalue weighted by molar-refractivity contribution is 7.84. The molecule has 0 spiro atoms. The minimum absolute atomic E-state index is 0.0521. The number of carbonyl (C=O) groups is 1. The maximum Gasteiger partial charge on any atom is 0.282 e. The molecular formula is C25H25ClF4N5O5S2-. The molecule has 1 amide bonds. The van der Waals surface area contributed by atoms with Gasteiger partial charge in [-0.25, -0.2) is 31.0 Å². The number of carbonyl (C=O) groups excluding carboxylic acids is 1. The standard InChI is InChI=1S/C25H26ClF4N5O5S2/c26-16-3-1-2-15(12-42(37,38)39)22(16)19-9-34(13-40-19)20-11-41-25(31-20)14-4-6-33(7-5-14)21(36)10-35-18(24(29)30)8-17(32-35)23(27)28/h1-3,8,11,14,19,23-24H,4-7,9-10,12-13H2,(H,37,38,39)/p-1. The van der Waals surface area contributed by atoms with Crippen LogP contribution < -0.4 is 4.90 Å². The molecule has 2 fully saturated rings. The van der Waals surface area contributed by atoms with Crippen molar-refractivity contribution in [1.82, 2.24) is 19.7 Å². The van der Waals surface area contributed by atoms with Crippen LogP contribution in [0.2, 0.25) is 5.02 Å². The van der Waals surface area contributed by atoms with Crippen LogP contribution in [-0.4, -0.2) is 64.9 Å². The van der Waals surface area contributed by atoms with Gasteiger partial charge >= 0.3 is 0 Å². The first-order valence-corrected chi connectivity index (χ1v) is 15.7. The second-order valence-corrected chi connectivity index (χ2v) is 12.7. The molecule has 0 radical (unpaired) electrons. The third-order valence-corrected chi connectivity index (χ3v) is 9.20. The van der Waals surface area contributed by atoms with Gasteiger partial charge in [0.2, 0.25) is 5.91 Å². The molecular weight excluding hydrogens is 626 g/mol. The summed E-state index contributed by atoms with van der Waals surface area (Å²) in [5.41, 5.74) is -0.779. The molecule has 1 atom stereocenters. The summed E-state index contributed by atoms with van der Waals surface area (Å²) in [5, 5.41) is 6.51. The Balaban J connectivity index is 1.19. The molecule has 228 valence electrons. The van der Waals surface area contributed by atoms with Gasteiger partial charge in [-0.05, 0) is 30.5 Å². The van der Waals surface area contributed by atoms with Crippen molar-refractivity contribution >= 4 is 44.8 Å². The fourth-order valence-electron chi connectivity index (χ4n) is 5.15. The average Bonchev–Trinajstić information content (AvgIpc) is 3.68. The van der Waals surface area contributed by atoms with Crippen LogP contribution in [0.25, 0.3) is 0 Å². The molecule has 2 aromatic heterocycles. The van der Waals surface area contributed by atoms with E-state index in [4.69, 9.17) is 21.3 Å². The molecule has 1 unspecified atom stereocenters. The quantitative estimate of drug-likeness (QED) is 0.238. The maximum atomic E-state index is 13.3. The third kappa shape index (κ3) is 6.88. The number of hydrogen-bond acceptors (Lipinski definition) is 9. The van der Waals surface area contributed by atoms with Gasteiger partial charge in [0.25, 0.3) is 12.9 Å². The van der Waals surface area contributed by atoms with Crippen LogP contribution in [0.3, 0.4) is 0 Å². The molecule has 2 aliphatic heterocycles. The molecule has 10 nitrogen and oxygen atoms in total. The van der Waals surface area contributed by atoms with E-state index >= 15 is 0 Å². The van der Waals surface area contributed by atoms with E-state index in [-0.39, 0.29) is 18.2 Å². The van der Waals surface area contributed by atoms with Gasteiger partial charge in [0, 0.05) is 35.0 Å². The van der Waals surface area contributed by atoms with E-state index < -0.39 is 58.7 Å². The molecule has 4 heterocycles. The number of benzene rings is 1. The fraction of sp³-hybridized carbons (Fsp3) is 0.480. The van der Waals surface area contributed by atoms with E-state index in [0.29, 0.717) is 59.6 Å². The van der Waals surface area contributed by atoms with Crippen molar-refractivity contribution in [2.75, 3.05) is 31.3 Å². The Kier molecular flexibility index (Phi) is 9.08. The first-order valence-electron chi connectivity index (χ1n) is 12.8. The number of aromatic nitrogens is 3. The normalized spacial score (nSPS) is 18.5. The first-order chi connectivity index (χ1) is 19.9. The molecule has 0 aliphatic carbocycles. The average molecular weight is 651 g/mol. The lowest BCUT2D eigenvalue weighted by Crippen LogP contribution is -2.40. The van der Waals surface area contributed by atoms with Crippen LogP contribution >= 0.6 is 22.9 Å². The number of piperidine rings is 1. The van der Waals surface area contributed by atoms with Crippen molar-refractivity contribution < 1.29 is 40.1 Å². The summed E-state index contributed by atoms with van der Waals surface area (Å²) in [7, 11) is -4.53. The van der Waals surface area contributed by atoms with E-state index in [2.05, 4.69) is 5.10 Å². The van der Waals surface area contributed by atoms with Crippen molar-refractivity contribution in [3.63, 3.8) is 0 Å². The van der Waals surface area contributed by atoms with Crippen molar-refractivity contribution in [3.05, 3.63) is 62.2 Å². The van der Waals surface area contributed by atoms with Crippen molar-refractivity contribution in [3.8, 4) is 0 Å². The highest BCUT2D eigenvalue weighted by Crippen LogP contribution is 2.38. The number of anilines is 1. The lowest BCUT2D eigenvalue weighted by Gasteiger charge is -2.31. The Morgan fingerprint density at radius 1 is 1.19 bits per heavy atom. The summed E-state index contributed by atoms with van der Waals surface area (Å²) in [5.74, 6) is -0.467. The number of amides is 1. The van der Waals surface area contributed by atoms with E-state index in [9.17, 15) is 35.3 Å². The monoisotopic (exact) mass is 650 g/mol. The van der Waals surface area contributed by atoms with E-state index in [1.807, 2.05) is 10.3 Å². The molecule has 42 heavy (non-hydrogen) atoms. The zero-order valence-corrected chi connectivity index (χ0v) is 24.2. The second kappa shape index (κ2) is 12.4. The summed E-state index contributed by atoms with van der Waals surface area (Å²) in [4.78, 5) is 20.9. The number of thiazole rings is 1. The molecule has 0 N–H and O–H groups in total. The number of halogens is 5. The van der Waals surface area contributed by atoms with E-state index in [0.717, 1.165) is 5.01 Å². The van der Waals surface area contributed by atoms with Crippen LogP contribution in [0.15, 0.2) is 29.6 Å². The Morgan fingerprint density at radius 2 is 1.93 bits per heavy atom. The lowest BCUT2D eigenvalue weighted by atomic mass is 9.97. The van der Waals surface area contributed by atoms with Crippen LogP contribution in [0.5, 0.6) is 0 Å². The van der Waals surface area contributed by atoms with Crippen LogP contribution in [-0.2, 0) is 31.9 Å². The highest BCUT2D eigenvalue weighted by atomic mass is 35.5.